The van der Waals surface area contributed by atoms with E-state index < -0.39 is 6.04 Å². The number of benzene rings is 1. The number of methoxy groups -OCH3 is 1. The van der Waals surface area contributed by atoms with Crippen molar-refractivity contribution < 1.29 is 14.3 Å². The molecule has 1 atom stereocenters. The first-order valence-electron chi connectivity index (χ1n) is 6.37. The van der Waals surface area contributed by atoms with Gasteiger partial charge in [0.15, 0.2) is 0 Å². The number of carbonyl (C=O) groups excluding carboxylic acids is 2. The van der Waals surface area contributed by atoms with Gasteiger partial charge in [-0.05, 0) is 24.5 Å². The molecule has 1 aromatic rings. The van der Waals surface area contributed by atoms with Gasteiger partial charge in [-0.25, -0.2) is 4.79 Å². The van der Waals surface area contributed by atoms with Crippen LogP contribution in [0.2, 0.25) is 0 Å². The molecule has 0 aliphatic heterocycles. The zero-order valence-electron chi connectivity index (χ0n) is 11.9. The van der Waals surface area contributed by atoms with Crippen LogP contribution in [0.3, 0.4) is 0 Å². The molecule has 1 aromatic carbocycles. The summed E-state index contributed by atoms with van der Waals surface area (Å²) in [5, 5.41) is 0. The van der Waals surface area contributed by atoms with Crippen LogP contribution in [-0.2, 0) is 9.53 Å². The fourth-order valence-electron chi connectivity index (χ4n) is 1.92. The molecular weight excluding hydrogens is 242 g/mol. The third-order valence-electron chi connectivity index (χ3n) is 2.98. The molecule has 0 unspecified atom stereocenters. The summed E-state index contributed by atoms with van der Waals surface area (Å²) in [6.07, 6.45) is 0.585. The molecule has 104 valence electrons. The summed E-state index contributed by atoms with van der Waals surface area (Å²) in [7, 11) is 2.98. The van der Waals surface area contributed by atoms with Gasteiger partial charge in [0.1, 0.15) is 6.04 Å². The largest absolute Gasteiger partial charge is 0.467 e. The number of ether oxygens (including phenoxy) is 1. The van der Waals surface area contributed by atoms with Gasteiger partial charge in [0, 0.05) is 12.6 Å². The second kappa shape index (κ2) is 6.92. The highest BCUT2D eigenvalue weighted by Gasteiger charge is 2.28. The second-order valence-electron chi connectivity index (χ2n) is 4.95. The maximum atomic E-state index is 12.3. The van der Waals surface area contributed by atoms with E-state index in [0.717, 1.165) is 0 Å². The Balaban J connectivity index is 2.90. The first kappa shape index (κ1) is 15.2. The summed E-state index contributed by atoms with van der Waals surface area (Å²) in [5.41, 5.74) is 0.572. The van der Waals surface area contributed by atoms with E-state index in [0.29, 0.717) is 17.9 Å². The van der Waals surface area contributed by atoms with E-state index in [2.05, 4.69) is 0 Å². The molecule has 1 amide bonds. The molecule has 0 heterocycles. The Morgan fingerprint density at radius 3 is 2.26 bits per heavy atom. The van der Waals surface area contributed by atoms with Crippen LogP contribution in [0.1, 0.15) is 30.6 Å². The van der Waals surface area contributed by atoms with Crippen LogP contribution in [0, 0.1) is 5.92 Å². The quantitative estimate of drug-likeness (QED) is 0.766. The summed E-state index contributed by atoms with van der Waals surface area (Å²) < 4.78 is 4.79. The lowest BCUT2D eigenvalue weighted by Gasteiger charge is -2.27. The molecule has 0 radical (unpaired) electrons. The van der Waals surface area contributed by atoms with Crippen LogP contribution in [0.5, 0.6) is 0 Å². The monoisotopic (exact) mass is 263 g/mol. The van der Waals surface area contributed by atoms with Crippen molar-refractivity contribution in [3.05, 3.63) is 35.9 Å². The topological polar surface area (TPSA) is 46.6 Å². The predicted octanol–water partition coefficient (Wildman–Crippen LogP) is 2.35. The van der Waals surface area contributed by atoms with Crippen LogP contribution < -0.4 is 0 Å². The first-order chi connectivity index (χ1) is 8.97. The molecule has 0 N–H and O–H groups in total. The number of hydrogen-bond donors (Lipinski definition) is 0. The normalized spacial score (nSPS) is 12.1. The van der Waals surface area contributed by atoms with Crippen LogP contribution in [0.4, 0.5) is 0 Å². The molecule has 0 saturated heterocycles. The van der Waals surface area contributed by atoms with E-state index in [1.165, 1.54) is 12.0 Å². The molecule has 19 heavy (non-hydrogen) atoms. The van der Waals surface area contributed by atoms with Crippen molar-refractivity contribution in [2.24, 2.45) is 5.92 Å². The average molecular weight is 263 g/mol. The van der Waals surface area contributed by atoms with Crippen molar-refractivity contribution in [1.29, 1.82) is 0 Å². The maximum Gasteiger partial charge on any atom is 0.328 e. The predicted molar refractivity (Wildman–Crippen MR) is 73.8 cm³/mol. The van der Waals surface area contributed by atoms with Gasteiger partial charge >= 0.3 is 5.97 Å². The number of hydrogen-bond acceptors (Lipinski definition) is 3. The standard InChI is InChI=1S/C15H21NO3/c1-11(2)10-13(15(18)19-4)16(3)14(17)12-8-6-5-7-9-12/h5-9,11,13H,10H2,1-4H3/t13-/m0/s1. The minimum atomic E-state index is -0.544. The Kier molecular flexibility index (Phi) is 5.55. The molecule has 0 saturated carbocycles. The second-order valence-corrected chi connectivity index (χ2v) is 4.95. The molecule has 0 aliphatic rings. The molecule has 4 heteroatoms. The van der Waals surface area contributed by atoms with Crippen molar-refractivity contribution in [3.63, 3.8) is 0 Å². The van der Waals surface area contributed by atoms with E-state index >= 15 is 0 Å². The number of esters is 1. The molecule has 4 nitrogen and oxygen atoms in total. The van der Waals surface area contributed by atoms with E-state index in [-0.39, 0.29) is 11.9 Å². The number of rotatable bonds is 5. The Bertz CT molecular complexity index is 428. The van der Waals surface area contributed by atoms with Crippen molar-refractivity contribution in [3.8, 4) is 0 Å². The fourth-order valence-corrected chi connectivity index (χ4v) is 1.92. The van der Waals surface area contributed by atoms with Gasteiger partial charge < -0.3 is 9.64 Å². The van der Waals surface area contributed by atoms with Crippen LogP contribution in [0.25, 0.3) is 0 Å². The number of carbonyl (C=O) groups is 2. The third-order valence-corrected chi connectivity index (χ3v) is 2.98. The highest BCUT2D eigenvalue weighted by atomic mass is 16.5. The third kappa shape index (κ3) is 4.09. The molecular formula is C15H21NO3. The Labute approximate surface area is 114 Å². The molecule has 0 spiro atoms. The van der Waals surface area contributed by atoms with Gasteiger partial charge in [-0.15, -0.1) is 0 Å². The zero-order valence-corrected chi connectivity index (χ0v) is 11.9. The molecule has 0 fully saturated rings. The molecule has 0 bridgehead atoms. The minimum absolute atomic E-state index is 0.170. The lowest BCUT2D eigenvalue weighted by Crippen LogP contribution is -2.43. The van der Waals surface area contributed by atoms with Gasteiger partial charge in [-0.1, -0.05) is 32.0 Å². The molecule has 0 aromatic heterocycles. The van der Waals surface area contributed by atoms with Crippen molar-refractivity contribution in [1.82, 2.24) is 4.90 Å². The van der Waals surface area contributed by atoms with E-state index in [1.54, 1.807) is 31.3 Å². The summed E-state index contributed by atoms with van der Waals surface area (Å²) in [5.74, 6) is -0.243. The van der Waals surface area contributed by atoms with E-state index in [4.69, 9.17) is 4.74 Å². The SMILES string of the molecule is COC(=O)[C@H](CC(C)C)N(C)C(=O)c1ccccc1. The minimum Gasteiger partial charge on any atom is -0.467 e. The van der Waals surface area contributed by atoms with Gasteiger partial charge in [0.2, 0.25) is 0 Å². The van der Waals surface area contributed by atoms with Crippen molar-refractivity contribution in [2.75, 3.05) is 14.2 Å². The zero-order chi connectivity index (χ0) is 14.4. The average Bonchev–Trinajstić information content (AvgIpc) is 2.43. The smallest absolute Gasteiger partial charge is 0.328 e. The Hall–Kier alpha value is -1.84. The maximum absolute atomic E-state index is 12.3. The van der Waals surface area contributed by atoms with Crippen LogP contribution in [-0.4, -0.2) is 37.0 Å². The van der Waals surface area contributed by atoms with Crippen molar-refractivity contribution in [2.45, 2.75) is 26.3 Å². The molecule has 1 rings (SSSR count). The highest BCUT2D eigenvalue weighted by molar-refractivity contribution is 5.96. The highest BCUT2D eigenvalue weighted by Crippen LogP contribution is 2.14. The molecule has 0 aliphatic carbocycles. The first-order valence-corrected chi connectivity index (χ1v) is 6.37. The summed E-state index contributed by atoms with van der Waals surface area (Å²) in [6, 6.07) is 8.39. The number of likely N-dealkylation sites (N-methyl/N-ethyl adjacent to an activating group) is 1. The summed E-state index contributed by atoms with van der Waals surface area (Å²) in [6.45, 7) is 4.02. The number of amides is 1. The summed E-state index contributed by atoms with van der Waals surface area (Å²) >= 11 is 0. The van der Waals surface area contributed by atoms with Gasteiger partial charge in [0.25, 0.3) is 5.91 Å². The Morgan fingerprint density at radius 2 is 1.79 bits per heavy atom. The fraction of sp³-hybridized carbons (Fsp3) is 0.467. The van der Waals surface area contributed by atoms with Gasteiger partial charge in [-0.2, -0.15) is 0 Å². The van der Waals surface area contributed by atoms with E-state index in [9.17, 15) is 9.59 Å². The number of nitrogens with zero attached hydrogens (tertiary/aromatic N) is 1. The Morgan fingerprint density at radius 1 is 1.21 bits per heavy atom. The van der Waals surface area contributed by atoms with Gasteiger partial charge in [0.05, 0.1) is 7.11 Å². The lowest BCUT2D eigenvalue weighted by molar-refractivity contribution is -0.146. The van der Waals surface area contributed by atoms with Crippen molar-refractivity contribution >= 4 is 11.9 Å². The van der Waals surface area contributed by atoms with E-state index in [1.807, 2.05) is 19.9 Å². The lowest BCUT2D eigenvalue weighted by atomic mass is 10.0. The summed E-state index contributed by atoms with van der Waals surface area (Å²) in [4.78, 5) is 25.6. The van der Waals surface area contributed by atoms with Gasteiger partial charge in [-0.3, -0.25) is 4.79 Å². The van der Waals surface area contributed by atoms with Crippen LogP contribution >= 0.6 is 0 Å². The van der Waals surface area contributed by atoms with Crippen LogP contribution in [0.15, 0.2) is 30.3 Å².